The summed E-state index contributed by atoms with van der Waals surface area (Å²) in [5, 5.41) is 2.48. The van der Waals surface area contributed by atoms with Crippen molar-refractivity contribution in [2.24, 2.45) is 11.8 Å². The topological polar surface area (TPSA) is 14.7 Å². The van der Waals surface area contributed by atoms with Crippen molar-refractivity contribution in [3.63, 3.8) is 0 Å². The summed E-state index contributed by atoms with van der Waals surface area (Å²) in [7, 11) is 0. The molecule has 1 aliphatic carbocycles. The summed E-state index contributed by atoms with van der Waals surface area (Å²) in [5.74, 6) is 1.45. The predicted molar refractivity (Wildman–Crippen MR) is 413 cm³/mol. The largest absolute Gasteiger partial charge is 0.366 e. The van der Waals surface area contributed by atoms with E-state index in [0.717, 1.165) is 45.2 Å². The van der Waals surface area contributed by atoms with E-state index in [4.69, 9.17) is 0 Å². The average molecular weight is 1250 g/mol. The van der Waals surface area contributed by atoms with E-state index in [0.29, 0.717) is 18.0 Å². The van der Waals surface area contributed by atoms with Crippen molar-refractivity contribution in [3.05, 3.63) is 309 Å². The number of rotatable bonds is 10. The van der Waals surface area contributed by atoms with Crippen molar-refractivity contribution in [1.82, 2.24) is 4.57 Å². The van der Waals surface area contributed by atoms with Crippen LogP contribution in [-0.4, -0.2) is 23.4 Å². The molecule has 97 heavy (non-hydrogen) atoms. The Bertz CT molecular complexity index is 5150. The molecule has 5 heteroatoms. The number of fused-ring (bicyclic) bond motifs is 9. The molecule has 0 spiro atoms. The Morgan fingerprint density at radius 3 is 1.14 bits per heavy atom. The molecule has 3 aliphatic heterocycles. The second-order valence-electron chi connectivity index (χ2n) is 29.0. The van der Waals surface area contributed by atoms with Crippen molar-refractivity contribution in [3.8, 4) is 72.4 Å². The van der Waals surface area contributed by atoms with Gasteiger partial charge in [0.1, 0.15) is 0 Å². The molecule has 4 aliphatic rings. The molecule has 4 heterocycles. The number of hydrogen-bond acceptors (Lipinski definition) is 3. The van der Waals surface area contributed by atoms with Crippen molar-refractivity contribution < 1.29 is 0 Å². The molecule has 13 aromatic carbocycles. The van der Waals surface area contributed by atoms with Crippen LogP contribution < -0.4 is 31.1 Å². The van der Waals surface area contributed by atoms with Gasteiger partial charge in [0.2, 0.25) is 0 Å². The van der Waals surface area contributed by atoms with Crippen LogP contribution in [0.5, 0.6) is 0 Å². The predicted octanol–water partition coefficient (Wildman–Crippen LogP) is 22.6. The molecule has 468 valence electrons. The lowest BCUT2D eigenvalue weighted by atomic mass is 9.33. The van der Waals surface area contributed by atoms with Gasteiger partial charge in [-0.15, -0.1) is 0 Å². The second kappa shape index (κ2) is 23.5. The Kier molecular flexibility index (Phi) is 14.2. The Balaban J connectivity index is 1.01. The highest BCUT2D eigenvalue weighted by Crippen LogP contribution is 2.56. The van der Waals surface area contributed by atoms with E-state index >= 15 is 0 Å². The molecule has 4 nitrogen and oxygen atoms in total. The maximum absolute atomic E-state index is 2.86. The number of nitrogens with zero attached hydrogens (tertiary/aromatic N) is 4. The van der Waals surface area contributed by atoms with Crippen LogP contribution in [0.1, 0.15) is 65.9 Å². The molecular formula is C92H77BN4. The smallest absolute Gasteiger partial charge is 0.252 e. The minimum atomic E-state index is -0.299. The molecule has 1 saturated heterocycles. The summed E-state index contributed by atoms with van der Waals surface area (Å²) in [5.41, 5.74) is 30.7. The van der Waals surface area contributed by atoms with E-state index in [2.05, 4.69) is 357 Å². The highest BCUT2D eigenvalue weighted by Gasteiger charge is 2.47. The van der Waals surface area contributed by atoms with Crippen molar-refractivity contribution >= 4 is 84.7 Å². The second-order valence-corrected chi connectivity index (χ2v) is 29.0. The fraction of sp³-hybridized carbons (Fsp3) is 0.152. The fourth-order valence-corrected chi connectivity index (χ4v) is 17.6. The lowest BCUT2D eigenvalue weighted by molar-refractivity contribution is 0.179. The summed E-state index contributed by atoms with van der Waals surface area (Å²) in [6.45, 7) is 12.1. The van der Waals surface area contributed by atoms with Crippen LogP contribution in [0.3, 0.4) is 0 Å². The lowest BCUT2D eigenvalue weighted by Gasteiger charge is -2.51. The summed E-state index contributed by atoms with van der Waals surface area (Å²) >= 11 is 0. The third-order valence-corrected chi connectivity index (χ3v) is 21.8. The first-order valence-electron chi connectivity index (χ1n) is 35.1. The Morgan fingerprint density at radius 2 is 0.722 bits per heavy atom. The molecule has 4 unspecified atom stereocenters. The number of piperidine rings is 1. The first-order chi connectivity index (χ1) is 47.6. The maximum atomic E-state index is 2.86. The molecule has 2 bridgehead atoms. The van der Waals surface area contributed by atoms with Gasteiger partial charge >= 0.3 is 0 Å². The van der Waals surface area contributed by atoms with Gasteiger partial charge < -0.3 is 19.3 Å². The van der Waals surface area contributed by atoms with E-state index in [1.165, 1.54) is 142 Å². The minimum Gasteiger partial charge on any atom is -0.366 e. The molecule has 0 amide bonds. The number of anilines is 7. The first kappa shape index (κ1) is 58.7. The number of aromatic nitrogens is 1. The number of benzene rings is 13. The van der Waals surface area contributed by atoms with Crippen LogP contribution in [0, 0.1) is 11.8 Å². The van der Waals surface area contributed by atoms with Crippen LogP contribution >= 0.6 is 0 Å². The maximum Gasteiger partial charge on any atom is 0.252 e. The lowest BCUT2D eigenvalue weighted by Crippen LogP contribution is -2.61. The molecule has 18 rings (SSSR count). The highest BCUT2D eigenvalue weighted by molar-refractivity contribution is 7.00. The fourth-order valence-electron chi connectivity index (χ4n) is 17.6. The van der Waals surface area contributed by atoms with Gasteiger partial charge in [-0.05, 0) is 189 Å². The molecule has 0 N–H and O–H groups in total. The summed E-state index contributed by atoms with van der Waals surface area (Å²) in [4.78, 5) is 8.36. The SMILES string of the molecule is CC1CC2CC(C)N(c3ccc4c(c3)N(c3c(-c5ccccc5)cc(-c5ccccc5)cc3-c3ccccc3)c3cc(C(C)(C)C)cc5c3B4c3ccc(-n4c6ccccc6c6ccccc64)cc3N5c3c(-c4ccccc4)cc(-c4ccccc4)cc3-c3ccccc3)C(C1)C2. The van der Waals surface area contributed by atoms with Crippen molar-refractivity contribution in [2.75, 3.05) is 14.7 Å². The highest BCUT2D eigenvalue weighted by atomic mass is 15.2. The van der Waals surface area contributed by atoms with E-state index in [-0.39, 0.29) is 12.1 Å². The minimum absolute atomic E-state index is 0.177. The van der Waals surface area contributed by atoms with Gasteiger partial charge in [0, 0.05) is 79.2 Å². The standard InChI is InChI=1S/C92H77BN4/c1-60-48-62-50-61(2)94(74(49-60)51-62)72-44-46-81-85(58-72)96(90-77(65-32-16-8-17-33-65)52-69(63-28-12-6-13-29-63)53-78(90)66-34-18-9-19-35-66)87-56-71(92(3,4)5)57-88-89(87)93(81)82-47-45-73(95-83-42-26-24-40-75(83)76-41-25-27-43-84(76)95)59-86(82)97(88)91-79(67-36-20-10-21-37-67)54-70(64-30-14-7-15-31-64)55-80(91)68-38-22-11-23-39-68/h6-47,52-62,74H,48-51H2,1-5H3. The van der Waals surface area contributed by atoms with Crippen LogP contribution in [0.15, 0.2) is 303 Å². The third-order valence-electron chi connectivity index (χ3n) is 21.8. The van der Waals surface area contributed by atoms with Gasteiger partial charge in [0.05, 0.1) is 22.4 Å². The quantitative estimate of drug-likeness (QED) is 0.127. The summed E-state index contributed by atoms with van der Waals surface area (Å²) in [6.07, 6.45) is 5.00. The molecule has 1 saturated carbocycles. The van der Waals surface area contributed by atoms with Gasteiger partial charge in [-0.1, -0.05) is 258 Å². The van der Waals surface area contributed by atoms with Gasteiger partial charge in [-0.2, -0.15) is 0 Å². The van der Waals surface area contributed by atoms with Crippen LogP contribution in [0.25, 0.3) is 94.3 Å². The number of hydrogen-bond donors (Lipinski definition) is 0. The van der Waals surface area contributed by atoms with E-state index in [1.54, 1.807) is 0 Å². The normalized spacial score (nSPS) is 17.1. The molecular weight excluding hydrogens is 1170 g/mol. The van der Waals surface area contributed by atoms with E-state index in [1.807, 2.05) is 0 Å². The summed E-state index contributed by atoms with van der Waals surface area (Å²) in [6, 6.07) is 116. The van der Waals surface area contributed by atoms with Gasteiger partial charge in [0.25, 0.3) is 6.71 Å². The third kappa shape index (κ3) is 9.95. The molecule has 4 atom stereocenters. The zero-order valence-corrected chi connectivity index (χ0v) is 55.9. The van der Waals surface area contributed by atoms with Crippen LogP contribution in [0.4, 0.5) is 39.8 Å². The van der Waals surface area contributed by atoms with Crippen LogP contribution in [0.2, 0.25) is 0 Å². The van der Waals surface area contributed by atoms with Crippen molar-refractivity contribution in [2.45, 2.75) is 77.8 Å². The molecule has 14 aromatic rings. The van der Waals surface area contributed by atoms with E-state index < -0.39 is 0 Å². The number of para-hydroxylation sites is 2. The van der Waals surface area contributed by atoms with Gasteiger partial charge in [0.15, 0.2) is 0 Å². The first-order valence-corrected chi connectivity index (χ1v) is 35.1. The monoisotopic (exact) mass is 1250 g/mol. The zero-order chi connectivity index (χ0) is 65.0. The molecule has 0 radical (unpaired) electrons. The van der Waals surface area contributed by atoms with E-state index in [9.17, 15) is 0 Å². The Hall–Kier alpha value is -10.9. The van der Waals surface area contributed by atoms with Crippen LogP contribution in [-0.2, 0) is 5.41 Å². The average Bonchev–Trinajstić information content (AvgIpc) is 0.993. The Morgan fingerprint density at radius 1 is 0.340 bits per heavy atom. The van der Waals surface area contributed by atoms with Gasteiger partial charge in [-0.25, -0.2) is 0 Å². The summed E-state index contributed by atoms with van der Waals surface area (Å²) < 4.78 is 2.51. The van der Waals surface area contributed by atoms with Gasteiger partial charge in [-0.3, -0.25) is 0 Å². The Labute approximate surface area is 571 Å². The molecule has 2 fully saturated rings. The van der Waals surface area contributed by atoms with Crippen molar-refractivity contribution in [1.29, 1.82) is 0 Å². The zero-order valence-electron chi connectivity index (χ0n) is 55.9. The molecule has 1 aromatic heterocycles.